The molecule has 0 N–H and O–H groups in total. The second kappa shape index (κ2) is 5.90. The molecule has 2 aromatic rings. The van der Waals surface area contributed by atoms with Crippen LogP contribution in [0.1, 0.15) is 43.7 Å². The van der Waals surface area contributed by atoms with Crippen molar-refractivity contribution in [3.8, 4) is 0 Å². The average Bonchev–Trinajstić information content (AvgIpc) is 3.20. The summed E-state index contributed by atoms with van der Waals surface area (Å²) in [6.45, 7) is 5.16. The molecule has 132 valence electrons. The number of carbonyl (C=O) groups excluding carboxylic acids is 1. The molecule has 2 atom stereocenters. The number of hydrogen-bond acceptors (Lipinski definition) is 3. The minimum Gasteiger partial charge on any atom is -0.459 e. The van der Waals surface area contributed by atoms with Crippen LogP contribution in [0.2, 0.25) is 0 Å². The van der Waals surface area contributed by atoms with Gasteiger partial charge in [0.2, 0.25) is 0 Å². The minimum absolute atomic E-state index is 0.0311. The molecule has 2 aliphatic rings. The fraction of sp³-hybridized carbons (Fsp3) is 0.450. The fourth-order valence-corrected chi connectivity index (χ4v) is 4.58. The summed E-state index contributed by atoms with van der Waals surface area (Å²) < 4.78 is 18.7. The first-order chi connectivity index (χ1) is 12.0. The molecule has 0 bridgehead atoms. The van der Waals surface area contributed by atoms with E-state index in [0.29, 0.717) is 5.76 Å². The molecule has 4 rings (SSSR count). The zero-order chi connectivity index (χ0) is 17.6. The van der Waals surface area contributed by atoms with Gasteiger partial charge in [-0.2, -0.15) is 0 Å². The van der Waals surface area contributed by atoms with Gasteiger partial charge in [0.05, 0.1) is 18.3 Å². The third-order valence-corrected chi connectivity index (χ3v) is 5.53. The fourth-order valence-electron chi connectivity index (χ4n) is 4.58. The van der Waals surface area contributed by atoms with E-state index in [1.807, 2.05) is 17.0 Å². The Kier molecular flexibility index (Phi) is 3.82. The van der Waals surface area contributed by atoms with E-state index in [1.165, 1.54) is 18.4 Å². The Morgan fingerprint density at radius 3 is 2.64 bits per heavy atom. The summed E-state index contributed by atoms with van der Waals surface area (Å²) in [5, 5.41) is 0. The van der Waals surface area contributed by atoms with Crippen molar-refractivity contribution in [2.24, 2.45) is 0 Å². The van der Waals surface area contributed by atoms with Crippen LogP contribution in [0.4, 0.5) is 10.1 Å². The van der Waals surface area contributed by atoms with Gasteiger partial charge in [-0.05, 0) is 69.5 Å². The third kappa shape index (κ3) is 2.71. The average molecular weight is 342 g/mol. The molecule has 0 spiro atoms. The number of anilines is 1. The highest BCUT2D eigenvalue weighted by atomic mass is 19.1. The number of furan rings is 1. The smallest absolute Gasteiger partial charge is 0.289 e. The van der Waals surface area contributed by atoms with Crippen molar-refractivity contribution in [2.45, 2.75) is 50.7 Å². The maximum absolute atomic E-state index is 13.3. The summed E-state index contributed by atoms with van der Waals surface area (Å²) in [4.78, 5) is 17.2. The molecule has 2 fully saturated rings. The normalized spacial score (nSPS) is 25.1. The van der Waals surface area contributed by atoms with Crippen LogP contribution >= 0.6 is 0 Å². The Balaban J connectivity index is 1.66. The van der Waals surface area contributed by atoms with Gasteiger partial charge in [-0.3, -0.25) is 4.79 Å². The summed E-state index contributed by atoms with van der Waals surface area (Å²) >= 11 is 0. The van der Waals surface area contributed by atoms with Gasteiger partial charge in [-0.25, -0.2) is 4.39 Å². The first kappa shape index (κ1) is 16.2. The van der Waals surface area contributed by atoms with Crippen molar-refractivity contribution in [3.05, 3.63) is 54.2 Å². The number of nitrogens with zero attached hydrogens (tertiary/aromatic N) is 2. The van der Waals surface area contributed by atoms with E-state index in [-0.39, 0.29) is 29.3 Å². The van der Waals surface area contributed by atoms with E-state index >= 15 is 0 Å². The Hall–Kier alpha value is -2.30. The molecule has 4 nitrogen and oxygen atoms in total. The van der Waals surface area contributed by atoms with E-state index in [2.05, 4.69) is 18.7 Å². The van der Waals surface area contributed by atoms with Crippen LogP contribution < -0.4 is 4.90 Å². The molecule has 2 aliphatic heterocycles. The van der Waals surface area contributed by atoms with E-state index in [1.54, 1.807) is 12.1 Å². The van der Waals surface area contributed by atoms with Crippen LogP contribution in [0, 0.1) is 5.82 Å². The number of rotatable bonds is 2. The van der Waals surface area contributed by atoms with Gasteiger partial charge in [0.1, 0.15) is 5.82 Å². The number of likely N-dealkylation sites (tertiary alicyclic amines) is 1. The molecule has 1 aromatic carbocycles. The molecular weight excluding hydrogens is 319 g/mol. The zero-order valence-electron chi connectivity index (χ0n) is 14.6. The highest BCUT2D eigenvalue weighted by Crippen LogP contribution is 2.44. The summed E-state index contributed by atoms with van der Waals surface area (Å²) in [5.41, 5.74) is 0.922. The Bertz CT molecular complexity index is 755. The highest BCUT2D eigenvalue weighted by molar-refractivity contribution is 5.92. The van der Waals surface area contributed by atoms with Crippen LogP contribution in [0.15, 0.2) is 47.1 Å². The summed E-state index contributed by atoms with van der Waals surface area (Å²) in [6.07, 6.45) is 4.42. The first-order valence-electron chi connectivity index (χ1n) is 8.87. The van der Waals surface area contributed by atoms with Crippen LogP contribution in [-0.2, 0) is 0 Å². The number of piperidine rings is 1. The lowest BCUT2D eigenvalue weighted by molar-refractivity contribution is 0.0573. The monoisotopic (exact) mass is 342 g/mol. The Labute approximate surface area is 147 Å². The lowest BCUT2D eigenvalue weighted by Crippen LogP contribution is -2.52. The van der Waals surface area contributed by atoms with Crippen LogP contribution in [0.5, 0.6) is 0 Å². The first-order valence-corrected chi connectivity index (χ1v) is 8.87. The largest absolute Gasteiger partial charge is 0.459 e. The predicted molar refractivity (Wildman–Crippen MR) is 94.1 cm³/mol. The van der Waals surface area contributed by atoms with Crippen molar-refractivity contribution in [1.82, 2.24) is 4.90 Å². The van der Waals surface area contributed by atoms with E-state index in [9.17, 15) is 9.18 Å². The van der Waals surface area contributed by atoms with Crippen molar-refractivity contribution >= 4 is 11.6 Å². The molecule has 2 saturated heterocycles. The van der Waals surface area contributed by atoms with Crippen LogP contribution in [0.3, 0.4) is 0 Å². The van der Waals surface area contributed by atoms with Gasteiger partial charge in [-0.15, -0.1) is 0 Å². The number of amides is 1. The maximum atomic E-state index is 13.3. The lowest BCUT2D eigenvalue weighted by atomic mass is 9.94. The number of hydrogen-bond donors (Lipinski definition) is 0. The molecule has 0 unspecified atom stereocenters. The second-order valence-corrected chi connectivity index (χ2v) is 7.62. The van der Waals surface area contributed by atoms with Gasteiger partial charge in [0.25, 0.3) is 5.91 Å². The SMILES string of the molecule is CC1(C)C[C@H]2[C@H](CCCN2C(=O)c2ccco2)N1c1ccc(F)cc1. The minimum atomic E-state index is -0.226. The number of halogens is 1. The highest BCUT2D eigenvalue weighted by Gasteiger charge is 2.50. The van der Waals surface area contributed by atoms with Crippen LogP contribution in [-0.4, -0.2) is 35.0 Å². The molecule has 5 heteroatoms. The van der Waals surface area contributed by atoms with Gasteiger partial charge in [0.15, 0.2) is 5.76 Å². The van der Waals surface area contributed by atoms with Gasteiger partial charge in [-0.1, -0.05) is 0 Å². The van der Waals surface area contributed by atoms with E-state index in [0.717, 1.165) is 31.5 Å². The molecule has 0 saturated carbocycles. The standard InChI is InChI=1S/C20H23FN2O2/c1-20(2)13-17-16(23(20)15-9-7-14(21)8-10-15)5-3-11-22(17)19(24)18-6-4-12-25-18/h4,6-10,12,16-17H,3,5,11,13H2,1-2H3/t16-,17-/m0/s1. The number of fused-ring (bicyclic) bond motifs is 1. The molecule has 0 aliphatic carbocycles. The Morgan fingerprint density at radius 2 is 1.96 bits per heavy atom. The third-order valence-electron chi connectivity index (χ3n) is 5.53. The van der Waals surface area contributed by atoms with Gasteiger partial charge in [0, 0.05) is 17.8 Å². The number of carbonyl (C=O) groups is 1. The Morgan fingerprint density at radius 1 is 1.20 bits per heavy atom. The van der Waals surface area contributed by atoms with Crippen molar-refractivity contribution in [1.29, 1.82) is 0 Å². The van der Waals surface area contributed by atoms with Gasteiger partial charge < -0.3 is 14.2 Å². The molecule has 0 radical (unpaired) electrons. The van der Waals surface area contributed by atoms with Crippen LogP contribution in [0.25, 0.3) is 0 Å². The maximum Gasteiger partial charge on any atom is 0.289 e. The second-order valence-electron chi connectivity index (χ2n) is 7.62. The summed E-state index contributed by atoms with van der Waals surface area (Å²) in [5.74, 6) is 0.144. The molecule has 3 heterocycles. The zero-order valence-corrected chi connectivity index (χ0v) is 14.6. The molecular formula is C20H23FN2O2. The van der Waals surface area contributed by atoms with Crippen molar-refractivity contribution in [2.75, 3.05) is 11.4 Å². The molecule has 1 aromatic heterocycles. The van der Waals surface area contributed by atoms with Crippen molar-refractivity contribution in [3.63, 3.8) is 0 Å². The molecule has 25 heavy (non-hydrogen) atoms. The topological polar surface area (TPSA) is 36.7 Å². The quantitative estimate of drug-likeness (QED) is 0.825. The summed E-state index contributed by atoms with van der Waals surface area (Å²) in [6, 6.07) is 10.6. The van der Waals surface area contributed by atoms with E-state index in [4.69, 9.17) is 4.42 Å². The lowest BCUT2D eigenvalue weighted by Gasteiger charge is -2.42. The predicted octanol–water partition coefficient (Wildman–Crippen LogP) is 4.08. The summed E-state index contributed by atoms with van der Waals surface area (Å²) in [7, 11) is 0. The van der Waals surface area contributed by atoms with Crippen molar-refractivity contribution < 1.29 is 13.6 Å². The van der Waals surface area contributed by atoms with E-state index < -0.39 is 0 Å². The number of benzene rings is 1. The van der Waals surface area contributed by atoms with Gasteiger partial charge >= 0.3 is 0 Å². The molecule has 1 amide bonds.